The maximum absolute atomic E-state index is 10.9. The highest BCUT2D eigenvalue weighted by atomic mass is 32.1. The molecule has 12 heavy (non-hydrogen) atoms. The van der Waals surface area contributed by atoms with Crippen LogP contribution in [0.5, 0.6) is 0 Å². The summed E-state index contributed by atoms with van der Waals surface area (Å²) >= 11 is 1.20. The van der Waals surface area contributed by atoms with E-state index in [1.807, 2.05) is 13.0 Å². The number of thiazole rings is 1. The van der Waals surface area contributed by atoms with Crippen molar-refractivity contribution in [2.75, 3.05) is 0 Å². The zero-order chi connectivity index (χ0) is 8.55. The molecule has 2 aromatic heterocycles. The van der Waals surface area contributed by atoms with Crippen LogP contribution in [0.15, 0.2) is 27.6 Å². The van der Waals surface area contributed by atoms with E-state index in [1.165, 1.54) is 11.3 Å². The topological polar surface area (TPSA) is 46.0 Å². The molecule has 0 bridgehead atoms. The lowest BCUT2D eigenvalue weighted by Gasteiger charge is -1.90. The van der Waals surface area contributed by atoms with Crippen LogP contribution < -0.4 is 4.87 Å². The number of hydrogen-bond donors (Lipinski definition) is 1. The van der Waals surface area contributed by atoms with E-state index in [0.717, 1.165) is 10.6 Å². The molecule has 0 amide bonds. The molecular formula is C8H7NO2S. The van der Waals surface area contributed by atoms with Gasteiger partial charge in [0.05, 0.1) is 12.0 Å². The lowest BCUT2D eigenvalue weighted by Crippen LogP contribution is -1.91. The highest BCUT2D eigenvalue weighted by Gasteiger charge is 2.07. The average molecular weight is 181 g/mol. The van der Waals surface area contributed by atoms with Gasteiger partial charge in [-0.1, -0.05) is 11.3 Å². The summed E-state index contributed by atoms with van der Waals surface area (Å²) in [4.78, 5) is 14.6. The summed E-state index contributed by atoms with van der Waals surface area (Å²) in [5.41, 5.74) is 0.787. The molecule has 2 heterocycles. The van der Waals surface area contributed by atoms with Gasteiger partial charge in [-0.3, -0.25) is 4.79 Å². The minimum absolute atomic E-state index is 0.0427. The van der Waals surface area contributed by atoms with Crippen LogP contribution >= 0.6 is 11.3 Å². The maximum atomic E-state index is 10.9. The summed E-state index contributed by atoms with van der Waals surface area (Å²) in [6.45, 7) is 1.89. The summed E-state index contributed by atoms with van der Waals surface area (Å²) in [6, 6.07) is 3.62. The Balaban J connectivity index is 2.61. The van der Waals surface area contributed by atoms with E-state index in [0.29, 0.717) is 5.76 Å². The Morgan fingerprint density at radius 1 is 1.58 bits per heavy atom. The van der Waals surface area contributed by atoms with Gasteiger partial charge in [-0.05, 0) is 19.1 Å². The third-order valence-corrected chi connectivity index (χ3v) is 2.39. The Morgan fingerprint density at radius 3 is 2.92 bits per heavy atom. The molecule has 0 fully saturated rings. The predicted molar refractivity (Wildman–Crippen MR) is 47.4 cm³/mol. The van der Waals surface area contributed by atoms with Crippen molar-refractivity contribution >= 4 is 11.3 Å². The molecule has 0 aliphatic heterocycles. The molecule has 3 nitrogen and oxygen atoms in total. The third kappa shape index (κ3) is 1.10. The van der Waals surface area contributed by atoms with Crippen molar-refractivity contribution in [3.63, 3.8) is 0 Å². The van der Waals surface area contributed by atoms with Crippen LogP contribution in [0.3, 0.4) is 0 Å². The first-order chi connectivity index (χ1) is 5.77. The van der Waals surface area contributed by atoms with Gasteiger partial charge in [-0.2, -0.15) is 0 Å². The van der Waals surface area contributed by atoms with E-state index < -0.39 is 0 Å². The first-order valence-electron chi connectivity index (χ1n) is 3.51. The van der Waals surface area contributed by atoms with Crippen molar-refractivity contribution in [2.45, 2.75) is 6.92 Å². The molecule has 0 saturated carbocycles. The van der Waals surface area contributed by atoms with Gasteiger partial charge in [-0.15, -0.1) is 0 Å². The SMILES string of the molecule is Cc1sc(=O)[nH]c1-c1ccco1. The van der Waals surface area contributed by atoms with Gasteiger partial charge in [0.1, 0.15) is 0 Å². The monoisotopic (exact) mass is 181 g/mol. The van der Waals surface area contributed by atoms with Gasteiger partial charge in [-0.25, -0.2) is 0 Å². The molecule has 0 spiro atoms. The van der Waals surface area contributed by atoms with E-state index >= 15 is 0 Å². The van der Waals surface area contributed by atoms with Crippen LogP contribution in [0, 0.1) is 6.92 Å². The Kier molecular flexibility index (Phi) is 1.62. The van der Waals surface area contributed by atoms with Crippen molar-refractivity contribution in [1.82, 2.24) is 4.98 Å². The molecule has 0 aliphatic rings. The summed E-state index contributed by atoms with van der Waals surface area (Å²) in [6.07, 6.45) is 1.59. The van der Waals surface area contributed by atoms with Crippen LogP contribution in [0.1, 0.15) is 4.88 Å². The van der Waals surface area contributed by atoms with Crippen LogP contribution in [-0.2, 0) is 0 Å². The van der Waals surface area contributed by atoms with Crippen molar-refractivity contribution in [3.8, 4) is 11.5 Å². The number of rotatable bonds is 1. The zero-order valence-corrected chi connectivity index (χ0v) is 7.27. The summed E-state index contributed by atoms with van der Waals surface area (Å²) in [7, 11) is 0. The number of aromatic amines is 1. The predicted octanol–water partition coefficient (Wildman–Crippen LogP) is 2.00. The molecule has 1 N–H and O–H groups in total. The maximum Gasteiger partial charge on any atom is 0.305 e. The largest absolute Gasteiger partial charge is 0.463 e. The molecular weight excluding hydrogens is 174 g/mol. The van der Waals surface area contributed by atoms with E-state index in [-0.39, 0.29) is 4.87 Å². The highest BCUT2D eigenvalue weighted by Crippen LogP contribution is 2.21. The second-order valence-corrected chi connectivity index (χ2v) is 3.61. The number of H-pyrrole nitrogens is 1. The summed E-state index contributed by atoms with van der Waals surface area (Å²) in [5, 5.41) is 0. The third-order valence-electron chi connectivity index (χ3n) is 1.59. The average Bonchev–Trinajstić information content (AvgIpc) is 2.58. The van der Waals surface area contributed by atoms with Crippen molar-refractivity contribution in [2.24, 2.45) is 0 Å². The molecule has 0 saturated heterocycles. The smallest absolute Gasteiger partial charge is 0.305 e. The zero-order valence-electron chi connectivity index (χ0n) is 6.46. The van der Waals surface area contributed by atoms with Crippen LogP contribution in [0.2, 0.25) is 0 Å². The second-order valence-electron chi connectivity index (χ2n) is 2.42. The van der Waals surface area contributed by atoms with Gasteiger partial charge < -0.3 is 9.40 Å². The van der Waals surface area contributed by atoms with E-state index in [9.17, 15) is 4.79 Å². The molecule has 0 unspecified atom stereocenters. The molecule has 0 aromatic carbocycles. The van der Waals surface area contributed by atoms with Gasteiger partial charge in [0.15, 0.2) is 5.76 Å². The Labute approximate surface area is 72.7 Å². The molecule has 0 radical (unpaired) electrons. The number of nitrogens with one attached hydrogen (secondary N) is 1. The van der Waals surface area contributed by atoms with Crippen molar-refractivity contribution in [1.29, 1.82) is 0 Å². The fraction of sp³-hybridized carbons (Fsp3) is 0.125. The van der Waals surface area contributed by atoms with E-state index in [4.69, 9.17) is 4.42 Å². The minimum atomic E-state index is -0.0427. The van der Waals surface area contributed by atoms with E-state index in [2.05, 4.69) is 4.98 Å². The number of aromatic nitrogens is 1. The normalized spacial score (nSPS) is 10.4. The van der Waals surface area contributed by atoms with Crippen molar-refractivity contribution < 1.29 is 4.42 Å². The Morgan fingerprint density at radius 2 is 2.42 bits per heavy atom. The summed E-state index contributed by atoms with van der Waals surface area (Å²) in [5.74, 6) is 0.714. The highest BCUT2D eigenvalue weighted by molar-refractivity contribution is 7.09. The fourth-order valence-electron chi connectivity index (χ4n) is 1.06. The molecule has 4 heteroatoms. The standard InChI is InChI=1S/C8H7NO2S/c1-5-7(9-8(10)12-5)6-3-2-4-11-6/h2-4H,1H3,(H,9,10). The summed E-state index contributed by atoms with van der Waals surface area (Å²) < 4.78 is 5.15. The van der Waals surface area contributed by atoms with Crippen LogP contribution in [0.4, 0.5) is 0 Å². The number of furan rings is 1. The Hall–Kier alpha value is -1.29. The minimum Gasteiger partial charge on any atom is -0.463 e. The number of hydrogen-bond acceptors (Lipinski definition) is 3. The quantitative estimate of drug-likeness (QED) is 0.731. The van der Waals surface area contributed by atoms with Crippen molar-refractivity contribution in [3.05, 3.63) is 32.9 Å². The number of aryl methyl sites for hydroxylation is 1. The fourth-order valence-corrected chi connectivity index (χ4v) is 1.75. The van der Waals surface area contributed by atoms with Gasteiger partial charge in [0.25, 0.3) is 0 Å². The first kappa shape index (κ1) is 7.36. The molecule has 2 rings (SSSR count). The Bertz CT molecular complexity index is 424. The molecule has 2 aromatic rings. The van der Waals surface area contributed by atoms with Crippen LogP contribution in [0.25, 0.3) is 11.5 Å². The lowest BCUT2D eigenvalue weighted by atomic mass is 10.3. The van der Waals surface area contributed by atoms with E-state index in [1.54, 1.807) is 12.3 Å². The van der Waals surface area contributed by atoms with Gasteiger partial charge >= 0.3 is 4.87 Å². The van der Waals surface area contributed by atoms with Crippen LogP contribution in [-0.4, -0.2) is 4.98 Å². The van der Waals surface area contributed by atoms with Gasteiger partial charge in [0.2, 0.25) is 0 Å². The molecule has 0 atom stereocenters. The first-order valence-corrected chi connectivity index (χ1v) is 4.32. The van der Waals surface area contributed by atoms with Gasteiger partial charge in [0, 0.05) is 4.88 Å². The lowest BCUT2D eigenvalue weighted by molar-refractivity contribution is 0.580. The molecule has 62 valence electrons. The molecule has 0 aliphatic carbocycles. The second kappa shape index (κ2) is 2.64.